The van der Waals surface area contributed by atoms with E-state index in [4.69, 9.17) is 15.6 Å². The van der Waals surface area contributed by atoms with E-state index in [9.17, 15) is 19.2 Å². The zero-order chi connectivity index (χ0) is 38.1. The quantitative estimate of drug-likeness (QED) is 0.222. The standard InChI is InChI=1S/C41H40N10O5/c42-37-35-36(24-8-11-30(12-9-24)56-29-6-2-1-3-7-29)46-51(38(35)44-23-43-37)26-5-4-16-47(18-26)27-19-49(20-27)28-21-48(22-28)25-10-13-31-32(17-25)41(55)50(40(31)54)33-14-15-34(52)45-39(33)53/h1-3,6-13,17,23,26-28,33H,4-5,14-16,18-22H2,(H2,42,43,44)(H,45,52,53)/t26-,33?/m1/s1. The molecule has 1 unspecified atom stereocenters. The lowest BCUT2D eigenvalue weighted by atomic mass is 9.95. The number of ether oxygens (including phenoxy) is 1. The molecular weight excluding hydrogens is 713 g/mol. The molecule has 56 heavy (non-hydrogen) atoms. The molecule has 3 N–H and O–H groups in total. The molecule has 3 aromatic carbocycles. The number of carbonyl (C=O) groups excluding carboxylic acids is 4. The molecule has 0 bridgehead atoms. The number of rotatable bonds is 8. The monoisotopic (exact) mass is 752 g/mol. The number of anilines is 2. The topological polar surface area (TPSA) is 172 Å². The maximum Gasteiger partial charge on any atom is 0.262 e. The highest BCUT2D eigenvalue weighted by atomic mass is 16.5. The van der Waals surface area contributed by atoms with Crippen molar-refractivity contribution < 1.29 is 23.9 Å². The van der Waals surface area contributed by atoms with E-state index in [2.05, 4.69) is 34.7 Å². The molecule has 2 atom stereocenters. The molecule has 0 spiro atoms. The summed E-state index contributed by atoms with van der Waals surface area (Å²) in [5, 5.41) is 8.15. The molecule has 4 saturated heterocycles. The molecule has 284 valence electrons. The summed E-state index contributed by atoms with van der Waals surface area (Å²) in [5.74, 6) is -0.0518. The van der Waals surface area contributed by atoms with Crippen LogP contribution in [0.5, 0.6) is 11.5 Å². The zero-order valence-electron chi connectivity index (χ0n) is 30.6. The molecule has 0 radical (unpaired) electrons. The first kappa shape index (κ1) is 34.3. The van der Waals surface area contributed by atoms with Crippen molar-refractivity contribution >= 4 is 46.2 Å². The molecule has 4 amide bonds. The van der Waals surface area contributed by atoms with Crippen LogP contribution in [0, 0.1) is 0 Å². The van der Waals surface area contributed by atoms with E-state index in [0.29, 0.717) is 29.0 Å². The van der Waals surface area contributed by atoms with Gasteiger partial charge >= 0.3 is 0 Å². The highest BCUT2D eigenvalue weighted by Gasteiger charge is 2.46. The second kappa shape index (κ2) is 13.5. The number of nitrogens with zero attached hydrogens (tertiary/aromatic N) is 8. The van der Waals surface area contributed by atoms with Crippen LogP contribution in [0.1, 0.15) is 52.4 Å². The van der Waals surface area contributed by atoms with Gasteiger partial charge in [-0.05, 0) is 80.4 Å². The van der Waals surface area contributed by atoms with Gasteiger partial charge in [-0.25, -0.2) is 14.6 Å². The fraction of sp³-hybridized carbons (Fsp3) is 0.341. The number of benzene rings is 3. The van der Waals surface area contributed by atoms with Gasteiger partial charge in [-0.3, -0.25) is 39.2 Å². The number of para-hydroxylation sites is 1. The zero-order valence-corrected chi connectivity index (χ0v) is 30.6. The maximum atomic E-state index is 13.3. The Morgan fingerprint density at radius 2 is 1.48 bits per heavy atom. The predicted octanol–water partition coefficient (Wildman–Crippen LogP) is 3.48. The second-order valence-corrected chi connectivity index (χ2v) is 15.3. The van der Waals surface area contributed by atoms with E-state index in [1.54, 1.807) is 12.1 Å². The number of fused-ring (bicyclic) bond motifs is 2. The van der Waals surface area contributed by atoms with Gasteiger partial charge in [-0.1, -0.05) is 18.2 Å². The number of aromatic nitrogens is 4. The Labute approximate surface area is 322 Å². The predicted molar refractivity (Wildman–Crippen MR) is 206 cm³/mol. The van der Waals surface area contributed by atoms with Crippen molar-refractivity contribution in [3.63, 3.8) is 0 Å². The average molecular weight is 753 g/mol. The average Bonchev–Trinajstić information content (AvgIpc) is 3.68. The number of amides is 4. The number of nitrogens with one attached hydrogen (secondary N) is 1. The van der Waals surface area contributed by atoms with Gasteiger partial charge in [0.15, 0.2) is 5.65 Å². The van der Waals surface area contributed by atoms with Crippen molar-refractivity contribution in [3.8, 4) is 22.8 Å². The summed E-state index contributed by atoms with van der Waals surface area (Å²) >= 11 is 0. The van der Waals surface area contributed by atoms with E-state index in [1.807, 2.05) is 60.7 Å². The maximum absolute atomic E-state index is 13.3. The van der Waals surface area contributed by atoms with E-state index in [1.165, 1.54) is 6.33 Å². The van der Waals surface area contributed by atoms with Crippen LogP contribution < -0.4 is 20.7 Å². The van der Waals surface area contributed by atoms with Crippen molar-refractivity contribution in [2.24, 2.45) is 0 Å². The molecule has 15 heteroatoms. The van der Waals surface area contributed by atoms with Crippen molar-refractivity contribution in [1.29, 1.82) is 0 Å². The Hall–Kier alpha value is -6.19. The van der Waals surface area contributed by atoms with Gasteiger partial charge in [0.25, 0.3) is 11.8 Å². The van der Waals surface area contributed by atoms with Crippen LogP contribution >= 0.6 is 0 Å². The highest BCUT2D eigenvalue weighted by Crippen LogP contribution is 2.37. The smallest absolute Gasteiger partial charge is 0.262 e. The molecule has 7 heterocycles. The number of piperidine rings is 2. The van der Waals surface area contributed by atoms with Gasteiger partial charge in [0.05, 0.1) is 22.6 Å². The minimum Gasteiger partial charge on any atom is -0.457 e. The third kappa shape index (κ3) is 5.85. The number of hydrogen-bond donors (Lipinski definition) is 2. The Bertz CT molecular complexity index is 2390. The fourth-order valence-electron chi connectivity index (χ4n) is 8.84. The Balaban J connectivity index is 0.772. The molecule has 10 rings (SSSR count). The van der Waals surface area contributed by atoms with Crippen molar-refractivity contribution in [2.75, 3.05) is 49.9 Å². The lowest BCUT2D eigenvalue weighted by Crippen LogP contribution is -2.70. The number of likely N-dealkylation sites (tertiary alicyclic amines) is 2. The first-order chi connectivity index (χ1) is 27.3. The minimum atomic E-state index is -0.972. The van der Waals surface area contributed by atoms with Gasteiger partial charge in [0.1, 0.15) is 35.4 Å². The SMILES string of the molecule is Nc1ncnc2c1c(-c1ccc(Oc3ccccc3)cc1)nn2[C@@H]1CCCN(C2CN(C3CN(c4ccc5c(c4)C(=O)N(C4CCC(=O)NC4=O)C5=O)C3)C2)C1. The summed E-state index contributed by atoms with van der Waals surface area (Å²) in [6.45, 7) is 5.54. The Kier molecular flexibility index (Phi) is 8.29. The van der Waals surface area contributed by atoms with Crippen molar-refractivity contribution in [3.05, 3.63) is 90.3 Å². The van der Waals surface area contributed by atoms with Crippen LogP contribution in [-0.4, -0.2) is 115 Å². The number of carbonyl (C=O) groups is 4. The summed E-state index contributed by atoms with van der Waals surface area (Å²) in [4.78, 5) is 67.9. The third-order valence-corrected chi connectivity index (χ3v) is 12.0. The van der Waals surface area contributed by atoms with Gasteiger partial charge in [0.2, 0.25) is 11.8 Å². The number of imide groups is 2. The van der Waals surface area contributed by atoms with Gasteiger partial charge in [0, 0.05) is 62.5 Å². The normalized spacial score (nSPS) is 22.3. The van der Waals surface area contributed by atoms with Crippen molar-refractivity contribution in [1.82, 2.24) is 39.8 Å². The molecular formula is C41H40N10O5. The molecule has 0 aliphatic carbocycles. The van der Waals surface area contributed by atoms with Crippen molar-refractivity contribution in [2.45, 2.75) is 49.9 Å². The van der Waals surface area contributed by atoms with E-state index in [-0.39, 0.29) is 18.9 Å². The lowest BCUT2D eigenvalue weighted by Gasteiger charge is -2.55. The number of hydrogen-bond acceptors (Lipinski definition) is 12. The first-order valence-corrected chi connectivity index (χ1v) is 19.2. The molecule has 0 saturated carbocycles. The van der Waals surface area contributed by atoms with Gasteiger partial charge < -0.3 is 15.4 Å². The van der Waals surface area contributed by atoms with E-state index < -0.39 is 29.7 Å². The number of nitrogen functional groups attached to an aromatic ring is 1. The van der Waals surface area contributed by atoms with Crippen LogP contribution in [0.3, 0.4) is 0 Å². The Morgan fingerprint density at radius 1 is 0.750 bits per heavy atom. The summed E-state index contributed by atoms with van der Waals surface area (Å²) in [6, 6.07) is 22.9. The summed E-state index contributed by atoms with van der Waals surface area (Å²) in [7, 11) is 0. The van der Waals surface area contributed by atoms with Crippen LogP contribution in [0.4, 0.5) is 11.5 Å². The van der Waals surface area contributed by atoms with Gasteiger partial charge in [-0.2, -0.15) is 5.10 Å². The molecule has 2 aromatic heterocycles. The minimum absolute atomic E-state index is 0.0931. The summed E-state index contributed by atoms with van der Waals surface area (Å²) < 4.78 is 8.07. The summed E-state index contributed by atoms with van der Waals surface area (Å²) in [6.07, 6.45) is 3.80. The molecule has 5 aliphatic heterocycles. The van der Waals surface area contributed by atoms with Crippen LogP contribution in [-0.2, 0) is 9.59 Å². The second-order valence-electron chi connectivity index (χ2n) is 15.3. The lowest BCUT2D eigenvalue weighted by molar-refractivity contribution is -0.136. The molecule has 5 aromatic rings. The van der Waals surface area contributed by atoms with Crippen LogP contribution in [0.25, 0.3) is 22.3 Å². The first-order valence-electron chi connectivity index (χ1n) is 19.2. The highest BCUT2D eigenvalue weighted by molar-refractivity contribution is 6.23. The summed E-state index contributed by atoms with van der Waals surface area (Å²) in [5.41, 5.74) is 10.4. The number of nitrogens with two attached hydrogens (primary N) is 1. The van der Waals surface area contributed by atoms with E-state index in [0.717, 1.165) is 96.5 Å². The van der Waals surface area contributed by atoms with E-state index >= 15 is 0 Å². The fourth-order valence-corrected chi connectivity index (χ4v) is 8.84. The molecule has 4 fully saturated rings. The van der Waals surface area contributed by atoms with Crippen LogP contribution in [0.2, 0.25) is 0 Å². The largest absolute Gasteiger partial charge is 0.457 e. The molecule has 15 nitrogen and oxygen atoms in total. The molecule has 5 aliphatic rings. The third-order valence-electron chi connectivity index (χ3n) is 12.0. The van der Waals surface area contributed by atoms with Crippen LogP contribution in [0.15, 0.2) is 79.1 Å². The Morgan fingerprint density at radius 3 is 2.27 bits per heavy atom. The van der Waals surface area contributed by atoms with Gasteiger partial charge in [-0.15, -0.1) is 0 Å².